The third kappa shape index (κ3) is 6.21. The second-order valence-corrected chi connectivity index (χ2v) is 11.7. The fourth-order valence-corrected chi connectivity index (χ4v) is 6.33. The van der Waals surface area contributed by atoms with Gasteiger partial charge in [-0.05, 0) is 62.4 Å². The third-order valence-corrected chi connectivity index (χ3v) is 8.61. The Morgan fingerprint density at radius 2 is 1.78 bits per heavy atom. The number of piperidine rings is 1. The molecule has 1 atom stereocenters. The fraction of sp³-hybridized carbons (Fsp3) is 0.519. The number of rotatable bonds is 7. The summed E-state index contributed by atoms with van der Waals surface area (Å²) in [6.07, 6.45) is 7.75. The molecule has 0 radical (unpaired) electrons. The molecule has 1 aromatic carbocycles. The van der Waals surface area contributed by atoms with Crippen LogP contribution < -0.4 is 20.4 Å². The minimum Gasteiger partial charge on any atom is -0.442 e. The molecule has 1 saturated carbocycles. The minimum absolute atomic E-state index is 0.0367. The summed E-state index contributed by atoms with van der Waals surface area (Å²) in [7, 11) is 0. The highest BCUT2D eigenvalue weighted by Crippen LogP contribution is 2.35. The van der Waals surface area contributed by atoms with E-state index in [1.54, 1.807) is 17.0 Å². The molecule has 2 N–H and O–H groups in total. The van der Waals surface area contributed by atoms with Crippen molar-refractivity contribution in [3.63, 3.8) is 0 Å². The van der Waals surface area contributed by atoms with Crippen molar-refractivity contribution in [2.24, 2.45) is 5.92 Å². The van der Waals surface area contributed by atoms with Gasteiger partial charge in [0.25, 0.3) is 5.91 Å². The first-order valence-electron chi connectivity index (χ1n) is 13.2. The number of amides is 3. The van der Waals surface area contributed by atoms with Crippen molar-refractivity contribution in [2.75, 3.05) is 41.3 Å². The molecule has 2 saturated heterocycles. The zero-order valence-corrected chi connectivity index (χ0v) is 22.4. The Balaban J connectivity index is 1.29. The van der Waals surface area contributed by atoms with Gasteiger partial charge in [0, 0.05) is 24.7 Å². The maximum absolute atomic E-state index is 13.1. The van der Waals surface area contributed by atoms with Gasteiger partial charge < -0.3 is 20.3 Å². The van der Waals surface area contributed by atoms with Crippen LogP contribution in [0.1, 0.15) is 61.0 Å². The molecule has 3 heterocycles. The molecule has 1 aromatic heterocycles. The van der Waals surface area contributed by atoms with Gasteiger partial charge in [-0.2, -0.15) is 0 Å². The maximum atomic E-state index is 13.1. The number of thiophene rings is 1. The summed E-state index contributed by atoms with van der Waals surface area (Å²) >= 11 is 7.12. The second kappa shape index (κ2) is 11.7. The van der Waals surface area contributed by atoms with E-state index in [9.17, 15) is 14.4 Å². The Morgan fingerprint density at radius 3 is 2.51 bits per heavy atom. The number of cyclic esters (lactones) is 1. The highest BCUT2D eigenvalue weighted by Gasteiger charge is 2.33. The van der Waals surface area contributed by atoms with Gasteiger partial charge in [-0.3, -0.25) is 14.5 Å². The molecular formula is C27H33ClN4O4S. The highest BCUT2D eigenvalue weighted by molar-refractivity contribution is 7.18. The van der Waals surface area contributed by atoms with E-state index in [0.717, 1.165) is 63.0 Å². The molecule has 2 aromatic rings. The SMILES string of the molecule is O=C(NCC1CN(c2ccc(N3CCCCC3)c(NC(=O)C3CCCCC3)c2)C(=O)O1)c1ccc(Cl)s1. The molecule has 8 nitrogen and oxygen atoms in total. The topological polar surface area (TPSA) is 91.0 Å². The average molecular weight is 545 g/mol. The Kier molecular flexibility index (Phi) is 8.20. The van der Waals surface area contributed by atoms with E-state index in [-0.39, 0.29) is 24.3 Å². The fourth-order valence-electron chi connectivity index (χ4n) is 5.37. The number of halogens is 1. The largest absolute Gasteiger partial charge is 0.442 e. The number of nitrogens with one attached hydrogen (secondary N) is 2. The Bertz CT molecular complexity index is 1140. The predicted octanol–water partition coefficient (Wildman–Crippen LogP) is 5.67. The molecule has 2 aliphatic heterocycles. The number of carbonyl (C=O) groups excluding carboxylic acids is 3. The van der Waals surface area contributed by atoms with E-state index >= 15 is 0 Å². The van der Waals surface area contributed by atoms with Crippen molar-refractivity contribution in [1.82, 2.24) is 5.32 Å². The summed E-state index contributed by atoms with van der Waals surface area (Å²) in [5, 5.41) is 6.02. The Morgan fingerprint density at radius 1 is 1.03 bits per heavy atom. The van der Waals surface area contributed by atoms with Crippen LogP contribution in [0.3, 0.4) is 0 Å². The first-order chi connectivity index (χ1) is 18.0. The zero-order valence-electron chi connectivity index (χ0n) is 20.8. The summed E-state index contributed by atoms with van der Waals surface area (Å²) in [6.45, 7) is 2.42. The third-order valence-electron chi connectivity index (χ3n) is 7.38. The molecule has 3 fully saturated rings. The van der Waals surface area contributed by atoms with Crippen molar-refractivity contribution < 1.29 is 19.1 Å². The minimum atomic E-state index is -0.478. The van der Waals surface area contributed by atoms with Gasteiger partial charge in [0.15, 0.2) is 0 Å². The number of carbonyl (C=O) groups is 3. The molecule has 1 aliphatic carbocycles. The molecule has 198 valence electrons. The molecule has 0 spiro atoms. The van der Waals surface area contributed by atoms with Gasteiger partial charge >= 0.3 is 6.09 Å². The molecule has 37 heavy (non-hydrogen) atoms. The number of nitrogens with zero attached hydrogens (tertiary/aromatic N) is 2. The molecule has 3 aliphatic rings. The molecule has 1 unspecified atom stereocenters. The summed E-state index contributed by atoms with van der Waals surface area (Å²) in [6, 6.07) is 9.15. The van der Waals surface area contributed by atoms with Crippen molar-refractivity contribution >= 4 is 57.9 Å². The van der Waals surface area contributed by atoms with Gasteiger partial charge in [0.1, 0.15) is 6.10 Å². The lowest BCUT2D eigenvalue weighted by Crippen LogP contribution is -2.34. The quantitative estimate of drug-likeness (QED) is 0.469. The summed E-state index contributed by atoms with van der Waals surface area (Å²) in [4.78, 5) is 42.6. The lowest BCUT2D eigenvalue weighted by Gasteiger charge is -2.31. The van der Waals surface area contributed by atoms with Gasteiger partial charge in [0.05, 0.1) is 33.7 Å². The van der Waals surface area contributed by atoms with Crippen molar-refractivity contribution in [2.45, 2.75) is 57.5 Å². The van der Waals surface area contributed by atoms with Crippen molar-refractivity contribution in [3.8, 4) is 0 Å². The van der Waals surface area contributed by atoms with Gasteiger partial charge in [0.2, 0.25) is 5.91 Å². The average Bonchev–Trinajstić information content (AvgIpc) is 3.53. The van der Waals surface area contributed by atoms with E-state index in [1.165, 1.54) is 24.2 Å². The van der Waals surface area contributed by atoms with E-state index in [0.29, 0.717) is 21.4 Å². The van der Waals surface area contributed by atoms with E-state index in [4.69, 9.17) is 16.3 Å². The van der Waals surface area contributed by atoms with Crippen molar-refractivity contribution in [1.29, 1.82) is 0 Å². The van der Waals surface area contributed by atoms with Gasteiger partial charge in [-0.1, -0.05) is 30.9 Å². The molecule has 3 amide bonds. The van der Waals surface area contributed by atoms with Crippen LogP contribution in [0.2, 0.25) is 4.34 Å². The molecule has 10 heteroatoms. The first kappa shape index (κ1) is 25.9. The summed E-state index contributed by atoms with van der Waals surface area (Å²) < 4.78 is 6.08. The van der Waals surface area contributed by atoms with Crippen LogP contribution in [-0.2, 0) is 9.53 Å². The van der Waals surface area contributed by atoms with Crippen LogP contribution in [0.5, 0.6) is 0 Å². The van der Waals surface area contributed by atoms with Crippen LogP contribution in [0.4, 0.5) is 21.9 Å². The zero-order chi connectivity index (χ0) is 25.8. The van der Waals surface area contributed by atoms with Crippen molar-refractivity contribution in [3.05, 3.63) is 39.5 Å². The van der Waals surface area contributed by atoms with Gasteiger partial charge in [-0.25, -0.2) is 4.79 Å². The monoisotopic (exact) mass is 544 g/mol. The number of hydrogen-bond donors (Lipinski definition) is 2. The van der Waals surface area contributed by atoms with E-state index < -0.39 is 12.2 Å². The predicted molar refractivity (Wildman–Crippen MR) is 147 cm³/mol. The summed E-state index contributed by atoms with van der Waals surface area (Å²) in [5.74, 6) is -0.145. The lowest BCUT2D eigenvalue weighted by molar-refractivity contribution is -0.120. The van der Waals surface area contributed by atoms with E-state index in [2.05, 4.69) is 15.5 Å². The first-order valence-corrected chi connectivity index (χ1v) is 14.4. The second-order valence-electron chi connectivity index (χ2n) is 10.0. The molecular weight excluding hydrogens is 512 g/mol. The smallest absolute Gasteiger partial charge is 0.414 e. The number of benzene rings is 1. The normalized spacial score (nSPS) is 20.6. The van der Waals surface area contributed by atoms with Crippen LogP contribution in [0.15, 0.2) is 30.3 Å². The number of anilines is 3. The Labute approximate surface area is 226 Å². The standard InChI is InChI=1S/C27H33ClN4O4S/c28-24-12-11-23(37-24)26(34)29-16-20-17-32(27(35)36-20)19-9-10-22(31-13-5-2-6-14-31)21(15-19)30-25(33)18-7-3-1-4-8-18/h9-12,15,18,20H,1-8,13-14,16-17H2,(H,29,34)(H,30,33). The van der Waals surface area contributed by atoms with Crippen LogP contribution in [-0.4, -0.2) is 50.2 Å². The summed E-state index contributed by atoms with van der Waals surface area (Å²) in [5.41, 5.74) is 2.41. The lowest BCUT2D eigenvalue weighted by atomic mass is 9.88. The highest BCUT2D eigenvalue weighted by atomic mass is 35.5. The molecule has 5 rings (SSSR count). The van der Waals surface area contributed by atoms with E-state index in [1.807, 2.05) is 18.2 Å². The van der Waals surface area contributed by atoms with Crippen LogP contribution >= 0.6 is 22.9 Å². The molecule has 0 bridgehead atoms. The van der Waals surface area contributed by atoms with Crippen LogP contribution in [0.25, 0.3) is 0 Å². The number of hydrogen-bond acceptors (Lipinski definition) is 6. The maximum Gasteiger partial charge on any atom is 0.414 e. The van der Waals surface area contributed by atoms with Crippen LogP contribution in [0, 0.1) is 5.92 Å². The number of ether oxygens (including phenoxy) is 1. The Hall–Kier alpha value is -2.78. The van der Waals surface area contributed by atoms with Gasteiger partial charge in [-0.15, -0.1) is 11.3 Å².